The molecule has 18 heavy (non-hydrogen) atoms. The van der Waals surface area contributed by atoms with Crippen molar-refractivity contribution in [2.24, 2.45) is 0 Å². The summed E-state index contributed by atoms with van der Waals surface area (Å²) in [4.78, 5) is 10.5. The van der Waals surface area contributed by atoms with Crippen molar-refractivity contribution in [1.29, 1.82) is 0 Å². The molecule has 5 nitrogen and oxygen atoms in total. The molecule has 0 unspecified atom stereocenters. The monoisotopic (exact) mass is 303 g/mol. The summed E-state index contributed by atoms with van der Waals surface area (Å²) in [5.41, 5.74) is 0.613. The molecule has 94 valence electrons. The number of carboxylic acids is 1. The van der Waals surface area contributed by atoms with Gasteiger partial charge in [-0.15, -0.1) is 10.2 Å². The zero-order valence-corrected chi connectivity index (χ0v) is 11.2. The normalized spacial score (nSPS) is 10.6. The molecule has 2 rings (SSSR count). The van der Waals surface area contributed by atoms with Crippen LogP contribution in [0.2, 0.25) is 10.0 Å². The Morgan fingerprint density at radius 1 is 1.44 bits per heavy atom. The van der Waals surface area contributed by atoms with Gasteiger partial charge < -0.3 is 5.11 Å². The van der Waals surface area contributed by atoms with Crippen LogP contribution in [-0.4, -0.2) is 31.6 Å². The summed E-state index contributed by atoms with van der Waals surface area (Å²) in [6, 6.07) is 5.17. The topological polar surface area (TPSA) is 68.0 Å². The van der Waals surface area contributed by atoms with Gasteiger partial charge in [0.05, 0.1) is 21.5 Å². The standard InChI is InChI=1S/C10H7Cl2N3O2S/c11-6-2-1-3-7(9(6)12)15-5-13-14-10(15)18-4-8(16)17/h1-3,5H,4H2,(H,16,17). The molecule has 0 fully saturated rings. The molecule has 1 aromatic heterocycles. The molecular weight excluding hydrogens is 297 g/mol. The van der Waals surface area contributed by atoms with Gasteiger partial charge in [-0.25, -0.2) is 0 Å². The van der Waals surface area contributed by atoms with Crippen LogP contribution in [0, 0.1) is 0 Å². The Morgan fingerprint density at radius 2 is 2.22 bits per heavy atom. The third-order valence-electron chi connectivity index (χ3n) is 2.03. The first-order valence-corrected chi connectivity index (χ1v) is 6.52. The van der Waals surface area contributed by atoms with Crippen molar-refractivity contribution in [2.75, 3.05) is 5.75 Å². The predicted octanol–water partition coefficient (Wildman–Crippen LogP) is 2.75. The van der Waals surface area contributed by atoms with E-state index in [1.807, 2.05) is 0 Å². The maximum atomic E-state index is 10.5. The van der Waals surface area contributed by atoms with E-state index in [1.54, 1.807) is 22.8 Å². The first-order chi connectivity index (χ1) is 8.59. The number of benzene rings is 1. The summed E-state index contributed by atoms with van der Waals surface area (Å²) in [6.07, 6.45) is 1.46. The van der Waals surface area contributed by atoms with Crippen molar-refractivity contribution in [2.45, 2.75) is 5.16 Å². The highest BCUT2D eigenvalue weighted by Crippen LogP contribution is 2.30. The SMILES string of the molecule is O=C(O)CSc1nncn1-c1cccc(Cl)c1Cl. The summed E-state index contributed by atoms with van der Waals surface area (Å²) >= 11 is 13.1. The molecule has 0 saturated heterocycles. The number of halogens is 2. The Bertz CT molecular complexity index is 588. The van der Waals surface area contributed by atoms with E-state index >= 15 is 0 Å². The van der Waals surface area contributed by atoms with Crippen LogP contribution in [0.3, 0.4) is 0 Å². The predicted molar refractivity (Wildman–Crippen MR) is 69.7 cm³/mol. The molecule has 8 heteroatoms. The molecule has 0 aliphatic carbocycles. The van der Waals surface area contributed by atoms with Gasteiger partial charge in [0.15, 0.2) is 5.16 Å². The Labute approximate surface area is 117 Å². The highest BCUT2D eigenvalue weighted by Gasteiger charge is 2.13. The van der Waals surface area contributed by atoms with E-state index in [0.717, 1.165) is 11.8 Å². The Balaban J connectivity index is 2.36. The minimum Gasteiger partial charge on any atom is -0.481 e. The van der Waals surface area contributed by atoms with Crippen molar-refractivity contribution in [3.63, 3.8) is 0 Å². The lowest BCUT2D eigenvalue weighted by molar-refractivity contribution is -0.133. The number of aliphatic carboxylic acids is 1. The molecule has 1 heterocycles. The maximum absolute atomic E-state index is 10.5. The fraction of sp³-hybridized carbons (Fsp3) is 0.100. The fourth-order valence-corrected chi connectivity index (χ4v) is 2.32. The van der Waals surface area contributed by atoms with E-state index < -0.39 is 5.97 Å². The Kier molecular flexibility index (Phi) is 4.11. The van der Waals surface area contributed by atoms with Crippen LogP contribution in [0.15, 0.2) is 29.7 Å². The summed E-state index contributed by atoms with van der Waals surface area (Å²) in [6.45, 7) is 0. The Hall–Kier alpha value is -1.24. The number of hydrogen-bond acceptors (Lipinski definition) is 4. The third kappa shape index (κ3) is 2.77. The van der Waals surface area contributed by atoms with Crippen LogP contribution >= 0.6 is 35.0 Å². The summed E-state index contributed by atoms with van der Waals surface area (Å²) in [5.74, 6) is -1.02. The van der Waals surface area contributed by atoms with Crippen molar-refractivity contribution in [3.05, 3.63) is 34.6 Å². The first-order valence-electron chi connectivity index (χ1n) is 4.78. The number of aromatic nitrogens is 3. The number of thioether (sulfide) groups is 1. The van der Waals surface area contributed by atoms with Gasteiger partial charge in [0.25, 0.3) is 0 Å². The smallest absolute Gasteiger partial charge is 0.313 e. The first kappa shape index (κ1) is 13.2. The highest BCUT2D eigenvalue weighted by molar-refractivity contribution is 7.99. The van der Waals surface area contributed by atoms with Crippen LogP contribution in [0.5, 0.6) is 0 Å². The average molecular weight is 304 g/mol. The molecule has 0 aliphatic rings. The van der Waals surface area contributed by atoms with E-state index in [-0.39, 0.29) is 5.75 Å². The quantitative estimate of drug-likeness (QED) is 0.880. The minimum atomic E-state index is -0.924. The van der Waals surface area contributed by atoms with Gasteiger partial charge in [0, 0.05) is 0 Å². The average Bonchev–Trinajstić information content (AvgIpc) is 2.78. The molecule has 1 aromatic carbocycles. The molecule has 0 amide bonds. The van der Waals surface area contributed by atoms with Gasteiger partial charge in [-0.2, -0.15) is 0 Å². The lowest BCUT2D eigenvalue weighted by Crippen LogP contribution is -2.01. The Morgan fingerprint density at radius 3 is 2.94 bits per heavy atom. The number of carboxylic acid groups (broad SMARTS) is 1. The van der Waals surface area contributed by atoms with Crippen molar-refractivity contribution in [1.82, 2.24) is 14.8 Å². The van der Waals surface area contributed by atoms with Crippen molar-refractivity contribution in [3.8, 4) is 5.69 Å². The number of nitrogens with zero attached hydrogens (tertiary/aromatic N) is 3. The molecule has 0 spiro atoms. The molecule has 0 aliphatic heterocycles. The molecule has 2 aromatic rings. The van der Waals surface area contributed by atoms with Gasteiger partial charge >= 0.3 is 5.97 Å². The summed E-state index contributed by atoms with van der Waals surface area (Å²) < 4.78 is 1.60. The van der Waals surface area contributed by atoms with E-state index in [2.05, 4.69) is 10.2 Å². The molecule has 0 saturated carbocycles. The number of hydrogen-bond donors (Lipinski definition) is 1. The van der Waals surface area contributed by atoms with Crippen molar-refractivity contribution >= 4 is 40.9 Å². The van der Waals surface area contributed by atoms with Crippen LogP contribution in [0.1, 0.15) is 0 Å². The fourth-order valence-electron chi connectivity index (χ4n) is 1.29. The van der Waals surface area contributed by atoms with Gasteiger partial charge in [-0.1, -0.05) is 41.0 Å². The maximum Gasteiger partial charge on any atom is 0.313 e. The molecular formula is C10H7Cl2N3O2S. The third-order valence-corrected chi connectivity index (χ3v) is 3.77. The lowest BCUT2D eigenvalue weighted by atomic mass is 10.3. The van der Waals surface area contributed by atoms with Crippen LogP contribution < -0.4 is 0 Å². The van der Waals surface area contributed by atoms with E-state index in [9.17, 15) is 4.79 Å². The van der Waals surface area contributed by atoms with Crippen LogP contribution in [0.25, 0.3) is 5.69 Å². The second-order valence-corrected chi connectivity index (χ2v) is 4.97. The summed E-state index contributed by atoms with van der Waals surface area (Å²) in [5, 5.41) is 17.5. The number of rotatable bonds is 4. The van der Waals surface area contributed by atoms with Gasteiger partial charge in [-0.3, -0.25) is 9.36 Å². The zero-order valence-electron chi connectivity index (χ0n) is 8.88. The van der Waals surface area contributed by atoms with Crippen LogP contribution in [-0.2, 0) is 4.79 Å². The van der Waals surface area contributed by atoms with E-state index in [0.29, 0.717) is 20.9 Å². The molecule has 0 atom stereocenters. The van der Waals surface area contributed by atoms with Crippen molar-refractivity contribution < 1.29 is 9.90 Å². The molecule has 1 N–H and O–H groups in total. The van der Waals surface area contributed by atoms with Gasteiger partial charge in [0.2, 0.25) is 0 Å². The molecule has 0 radical (unpaired) electrons. The zero-order chi connectivity index (χ0) is 13.1. The summed E-state index contributed by atoms with van der Waals surface area (Å²) in [7, 11) is 0. The lowest BCUT2D eigenvalue weighted by Gasteiger charge is -2.08. The van der Waals surface area contributed by atoms with E-state index in [1.165, 1.54) is 6.33 Å². The largest absolute Gasteiger partial charge is 0.481 e. The van der Waals surface area contributed by atoms with E-state index in [4.69, 9.17) is 28.3 Å². The van der Waals surface area contributed by atoms with Crippen LogP contribution in [0.4, 0.5) is 0 Å². The second-order valence-electron chi connectivity index (χ2n) is 3.24. The second kappa shape index (κ2) is 5.60. The van der Waals surface area contributed by atoms with Gasteiger partial charge in [0.1, 0.15) is 6.33 Å². The molecule has 0 bridgehead atoms. The highest BCUT2D eigenvalue weighted by atomic mass is 35.5. The minimum absolute atomic E-state index is 0.100. The van der Waals surface area contributed by atoms with Gasteiger partial charge in [-0.05, 0) is 12.1 Å². The number of carbonyl (C=O) groups is 1.